The maximum atomic E-state index is 10.7. The number of hydrogen-bond donors (Lipinski definition) is 6. The van der Waals surface area contributed by atoms with E-state index in [1.54, 1.807) is 35.0 Å². The summed E-state index contributed by atoms with van der Waals surface area (Å²) < 4.78 is 19.1. The van der Waals surface area contributed by atoms with Crippen LogP contribution >= 0.6 is 0 Å². The molecule has 0 atom stereocenters. The van der Waals surface area contributed by atoms with Gasteiger partial charge in [0.15, 0.2) is 0 Å². The van der Waals surface area contributed by atoms with E-state index in [9.17, 15) is 47.4 Å². The van der Waals surface area contributed by atoms with Crippen molar-refractivity contribution in [3.8, 4) is 0 Å². The van der Waals surface area contributed by atoms with E-state index in [1.165, 1.54) is 0 Å². The van der Waals surface area contributed by atoms with Gasteiger partial charge in [-0.1, -0.05) is 0 Å². The molecule has 2 rings (SSSR count). The molecule has 0 radical (unpaired) electrons. The molecule has 0 aliphatic heterocycles. The van der Waals surface area contributed by atoms with E-state index in [-0.39, 0.29) is 30.4 Å². The Balaban J connectivity index is -0.000000124. The van der Waals surface area contributed by atoms with Crippen molar-refractivity contribution in [3.63, 3.8) is 0 Å². The van der Waals surface area contributed by atoms with Crippen LogP contribution in [0.4, 0.5) is 11.4 Å². The zero-order chi connectivity index (χ0) is 25.8. The molecule has 0 saturated heterocycles. The number of hydrogen-bond acceptors (Lipinski definition) is 12. The quantitative estimate of drug-likeness (QED) is 0.138. The Labute approximate surface area is 212 Å². The molecule has 2 aromatic rings. The van der Waals surface area contributed by atoms with Crippen LogP contribution in [0.25, 0.3) is 0 Å². The molecular weight excluding hydrogens is 574 g/mol. The van der Waals surface area contributed by atoms with Crippen LogP contribution < -0.4 is 44.2 Å². The van der Waals surface area contributed by atoms with Gasteiger partial charge in [-0.3, -0.25) is 28.0 Å². The molecule has 0 unspecified atom stereocenters. The van der Waals surface area contributed by atoms with E-state index in [0.29, 0.717) is 0 Å². The van der Waals surface area contributed by atoms with Crippen LogP contribution in [0.15, 0.2) is 19.2 Å². The van der Waals surface area contributed by atoms with Gasteiger partial charge < -0.3 is 52.2 Å². The average Bonchev–Trinajstić information content (AvgIpc) is 2.60. The summed E-state index contributed by atoms with van der Waals surface area (Å²) in [6, 6.07) is 0. The summed E-state index contributed by atoms with van der Waals surface area (Å²) in [6.07, 6.45) is 6.56. The summed E-state index contributed by atoms with van der Waals surface area (Å²) in [5.74, 6) is -3.40. The number of rotatable bonds is 2. The van der Waals surface area contributed by atoms with Crippen LogP contribution in [0.3, 0.4) is 0 Å². The van der Waals surface area contributed by atoms with Gasteiger partial charge in [-0.25, -0.2) is 9.59 Å². The molecule has 0 saturated carbocycles. The first-order valence-corrected chi connectivity index (χ1v) is 11.6. The van der Waals surface area contributed by atoms with Gasteiger partial charge in [0.25, 0.3) is 11.1 Å². The van der Waals surface area contributed by atoms with Crippen molar-refractivity contribution < 1.29 is 58.7 Å². The topological polar surface area (TPSA) is 364 Å². The van der Waals surface area contributed by atoms with Gasteiger partial charge >= 0.3 is 30.9 Å². The van der Waals surface area contributed by atoms with E-state index < -0.39 is 78.8 Å². The molecular formula is C14H26N6O12S2Zn+2. The van der Waals surface area contributed by atoms with Crippen molar-refractivity contribution in [2.75, 3.05) is 36.5 Å². The van der Waals surface area contributed by atoms with Gasteiger partial charge in [-0.15, -0.1) is 0 Å². The monoisotopic (exact) mass is 598 g/mol. The van der Waals surface area contributed by atoms with Crippen LogP contribution in [0.5, 0.6) is 0 Å². The first-order valence-electron chi connectivity index (χ1n) is 7.68. The van der Waals surface area contributed by atoms with E-state index in [0.717, 1.165) is 0 Å². The standard InChI is InChI=1S/2C5H5N3O4.2C2H6OS.2H2O.Zn/c2*6-1-2(4(10)11)7-5(12)8-3(1)9;2*1-4(2)3;;;/h2*6H2,(H,10,11)(H2,7,8,9,12);2*1-2H3;2*1H2;/q;;;;;;+2. The van der Waals surface area contributed by atoms with Crippen molar-refractivity contribution in [2.45, 2.75) is 0 Å². The van der Waals surface area contributed by atoms with Crippen LogP contribution in [0.1, 0.15) is 21.0 Å². The maximum Gasteiger partial charge on any atom is 2.00 e. The Morgan fingerprint density at radius 1 is 0.657 bits per heavy atom. The summed E-state index contributed by atoms with van der Waals surface area (Å²) in [5, 5.41) is 20.4. The molecule has 0 aliphatic rings. The number of carboxylic acids is 2. The van der Waals surface area contributed by atoms with Gasteiger partial charge in [0.05, 0.1) is 23.3 Å². The van der Waals surface area contributed by atoms with E-state index in [2.05, 4.69) is 0 Å². The Bertz CT molecular complexity index is 1130. The van der Waals surface area contributed by atoms with Gasteiger partial charge in [-0.05, 0) is 0 Å². The largest absolute Gasteiger partial charge is 2.00 e. The number of nitrogen functional groups attached to an aromatic ring is 2. The summed E-state index contributed by atoms with van der Waals surface area (Å²) in [6.45, 7) is 0. The van der Waals surface area contributed by atoms with Crippen molar-refractivity contribution in [1.82, 2.24) is 19.9 Å². The molecule has 2 aromatic heterocycles. The first-order chi connectivity index (χ1) is 14.5. The molecule has 21 heteroatoms. The number of H-pyrrole nitrogens is 4. The fourth-order valence-corrected chi connectivity index (χ4v) is 1.31. The Morgan fingerprint density at radius 3 is 1.03 bits per heavy atom. The Hall–Kier alpha value is -3.26. The zero-order valence-corrected chi connectivity index (χ0v) is 23.5. The van der Waals surface area contributed by atoms with Crippen molar-refractivity contribution in [1.29, 1.82) is 0 Å². The van der Waals surface area contributed by atoms with Crippen LogP contribution in [0.2, 0.25) is 0 Å². The summed E-state index contributed by atoms with van der Waals surface area (Å²) in [7, 11) is -1.22. The second-order valence-corrected chi connectivity index (χ2v) is 8.42. The van der Waals surface area contributed by atoms with Crippen molar-refractivity contribution in [3.05, 3.63) is 53.1 Å². The van der Waals surface area contributed by atoms with Crippen LogP contribution in [-0.2, 0) is 52.0 Å². The number of anilines is 2. The van der Waals surface area contributed by atoms with Gasteiger partial charge in [0.2, 0.25) is 0 Å². The predicted octanol–water partition coefficient (Wildman–Crippen LogP) is -7.84. The third-order valence-corrected chi connectivity index (χ3v) is 2.37. The van der Waals surface area contributed by atoms with Crippen LogP contribution in [-0.4, -0.2) is 65.3 Å². The second-order valence-electron chi connectivity index (χ2n) is 5.45. The first kappa shape index (κ1) is 41.9. The van der Waals surface area contributed by atoms with E-state index in [1.807, 2.05) is 9.97 Å². The fourth-order valence-electron chi connectivity index (χ4n) is 1.31. The Kier molecular flexibility index (Phi) is 24.1. The number of aromatic amines is 4. The number of carbonyl (C=O) groups excluding carboxylic acids is 2. The smallest absolute Gasteiger partial charge is 0.543 e. The molecule has 0 spiro atoms. The number of carboxylic acid groups (broad SMARTS) is 2. The molecule has 35 heavy (non-hydrogen) atoms. The maximum absolute atomic E-state index is 10.7. The van der Waals surface area contributed by atoms with Crippen LogP contribution in [0, 0.1) is 0 Å². The minimum atomic E-state index is -1.70. The van der Waals surface area contributed by atoms with Crippen molar-refractivity contribution in [2.24, 2.45) is 0 Å². The fraction of sp³-hybridized carbons (Fsp3) is 0.286. The average molecular weight is 600 g/mol. The normalized spacial score (nSPS) is 8.63. The molecule has 196 valence electrons. The van der Waals surface area contributed by atoms with E-state index in [4.69, 9.17) is 11.5 Å². The zero-order valence-electron chi connectivity index (χ0n) is 18.9. The number of nitrogens with two attached hydrogens (primary N) is 2. The molecule has 0 amide bonds. The Morgan fingerprint density at radius 2 is 0.857 bits per heavy atom. The van der Waals surface area contributed by atoms with Gasteiger partial charge in [0, 0.05) is 46.6 Å². The summed E-state index contributed by atoms with van der Waals surface area (Å²) in [4.78, 5) is 69.9. The summed E-state index contributed by atoms with van der Waals surface area (Å²) in [5.41, 5.74) is 3.71. The third-order valence-electron chi connectivity index (χ3n) is 2.37. The molecule has 0 aliphatic carbocycles. The molecule has 14 N–H and O–H groups in total. The number of nitrogens with one attached hydrogen (secondary N) is 4. The molecule has 0 bridgehead atoms. The third kappa shape index (κ3) is 18.8. The van der Waals surface area contributed by atoms with Crippen molar-refractivity contribution >= 4 is 44.9 Å². The number of aromatic nitrogens is 4. The molecule has 2 heterocycles. The van der Waals surface area contributed by atoms with Gasteiger partial charge in [0.1, 0.15) is 11.4 Å². The predicted molar refractivity (Wildman–Crippen MR) is 123 cm³/mol. The number of aromatic carboxylic acids is 2. The summed E-state index contributed by atoms with van der Waals surface area (Å²) >= 11 is 0. The molecule has 0 aromatic carbocycles. The van der Waals surface area contributed by atoms with E-state index >= 15 is 0 Å². The minimum Gasteiger partial charge on any atom is -0.543 e. The minimum absolute atomic E-state index is 0. The molecule has 0 fully saturated rings. The SMILES string of the molecule is CS(C)=O.CS(C)=O.Nc1c(C(=O)[O-])[nH]c(=O)[nH]c1=O.Nc1c(C(=O)[O-])[nH]c(=O)[nH]c1=O.[OH3+].[OH3+].[Zn+2]. The van der Waals surface area contributed by atoms with Gasteiger partial charge in [-0.2, -0.15) is 0 Å². The number of carbonyl (C=O) groups is 2. The molecule has 18 nitrogen and oxygen atoms in total. The second kappa shape index (κ2) is 20.1.